The zero-order chi connectivity index (χ0) is 13.8. The highest BCUT2D eigenvalue weighted by molar-refractivity contribution is 6.02. The van der Waals surface area contributed by atoms with Crippen LogP contribution in [-0.4, -0.2) is 38.7 Å². The fourth-order valence-electron chi connectivity index (χ4n) is 1.42. The molecule has 1 N–H and O–H groups in total. The van der Waals surface area contributed by atoms with Crippen LogP contribution in [0.1, 0.15) is 21.0 Å². The molecule has 2 rings (SSSR count). The van der Waals surface area contributed by atoms with Crippen molar-refractivity contribution in [2.75, 3.05) is 12.4 Å². The first-order chi connectivity index (χ1) is 9.11. The van der Waals surface area contributed by atoms with Gasteiger partial charge in [0, 0.05) is 25.5 Å². The van der Waals surface area contributed by atoms with Crippen molar-refractivity contribution < 1.29 is 14.3 Å². The number of hydrogen-bond donors (Lipinski definition) is 1. The molecule has 0 atom stereocenters. The summed E-state index contributed by atoms with van der Waals surface area (Å²) < 4.78 is 5.90. The summed E-state index contributed by atoms with van der Waals surface area (Å²) in [6.45, 7) is 0. The average molecular weight is 261 g/mol. The second-order valence-corrected chi connectivity index (χ2v) is 3.57. The van der Waals surface area contributed by atoms with E-state index in [0.717, 1.165) is 0 Å². The summed E-state index contributed by atoms with van der Waals surface area (Å²) in [4.78, 5) is 30.8. The van der Waals surface area contributed by atoms with E-state index in [2.05, 4.69) is 25.1 Å². The van der Waals surface area contributed by atoms with E-state index in [1.807, 2.05) is 0 Å². The lowest BCUT2D eigenvalue weighted by Crippen LogP contribution is -2.14. The van der Waals surface area contributed by atoms with Gasteiger partial charge in [0.25, 0.3) is 5.91 Å². The molecule has 0 aliphatic carbocycles. The first-order valence-corrected chi connectivity index (χ1v) is 5.31. The molecular formula is C11H11N5O3. The first-order valence-electron chi connectivity index (χ1n) is 5.31. The van der Waals surface area contributed by atoms with Crippen molar-refractivity contribution in [3.05, 3.63) is 36.0 Å². The Morgan fingerprint density at radius 2 is 2.16 bits per heavy atom. The van der Waals surface area contributed by atoms with Gasteiger partial charge in [-0.05, 0) is 0 Å². The summed E-state index contributed by atoms with van der Waals surface area (Å²) in [5, 5.41) is 6.50. The quantitative estimate of drug-likeness (QED) is 0.795. The number of amides is 1. The van der Waals surface area contributed by atoms with E-state index in [9.17, 15) is 9.59 Å². The second-order valence-electron chi connectivity index (χ2n) is 3.57. The molecule has 0 bridgehead atoms. The Labute approximate surface area is 108 Å². The fraction of sp³-hybridized carbons (Fsp3) is 0.182. The number of anilines is 1. The molecule has 2 aromatic heterocycles. The van der Waals surface area contributed by atoms with Gasteiger partial charge in [0.05, 0.1) is 13.3 Å². The fourth-order valence-corrected chi connectivity index (χ4v) is 1.42. The minimum absolute atomic E-state index is 0.160. The van der Waals surface area contributed by atoms with Gasteiger partial charge in [0.1, 0.15) is 11.4 Å². The Morgan fingerprint density at radius 1 is 1.37 bits per heavy atom. The highest BCUT2D eigenvalue weighted by Gasteiger charge is 2.15. The number of rotatable bonds is 3. The van der Waals surface area contributed by atoms with Crippen molar-refractivity contribution in [3.63, 3.8) is 0 Å². The molecule has 0 aliphatic heterocycles. The van der Waals surface area contributed by atoms with Gasteiger partial charge in [-0.3, -0.25) is 14.5 Å². The Kier molecular flexibility index (Phi) is 3.51. The molecule has 2 aromatic rings. The van der Waals surface area contributed by atoms with Gasteiger partial charge in [0.2, 0.25) is 0 Å². The van der Waals surface area contributed by atoms with Gasteiger partial charge in [-0.1, -0.05) is 0 Å². The van der Waals surface area contributed by atoms with E-state index in [4.69, 9.17) is 0 Å². The molecule has 98 valence electrons. The van der Waals surface area contributed by atoms with Gasteiger partial charge >= 0.3 is 5.97 Å². The number of nitrogens with one attached hydrogen (secondary N) is 1. The van der Waals surface area contributed by atoms with Gasteiger partial charge in [-0.25, -0.2) is 9.78 Å². The monoisotopic (exact) mass is 261 g/mol. The highest BCUT2D eigenvalue weighted by atomic mass is 16.5. The average Bonchev–Trinajstić information content (AvgIpc) is 2.79. The molecule has 0 fully saturated rings. The smallest absolute Gasteiger partial charge is 0.356 e. The van der Waals surface area contributed by atoms with Crippen molar-refractivity contribution in [2.45, 2.75) is 0 Å². The van der Waals surface area contributed by atoms with E-state index in [1.54, 1.807) is 7.05 Å². The van der Waals surface area contributed by atoms with Crippen LogP contribution < -0.4 is 5.32 Å². The molecular weight excluding hydrogens is 250 g/mol. The van der Waals surface area contributed by atoms with Crippen LogP contribution >= 0.6 is 0 Å². The lowest BCUT2D eigenvalue weighted by atomic mass is 10.4. The molecule has 19 heavy (non-hydrogen) atoms. The van der Waals surface area contributed by atoms with Crippen LogP contribution in [0.5, 0.6) is 0 Å². The number of aromatic nitrogens is 4. The summed E-state index contributed by atoms with van der Waals surface area (Å²) in [7, 11) is 2.84. The topological polar surface area (TPSA) is 99.0 Å². The van der Waals surface area contributed by atoms with E-state index >= 15 is 0 Å². The number of nitrogens with zero attached hydrogens (tertiary/aromatic N) is 4. The molecule has 0 aromatic carbocycles. The number of esters is 1. The van der Waals surface area contributed by atoms with E-state index < -0.39 is 11.9 Å². The Hall–Kier alpha value is -2.77. The number of carbonyl (C=O) groups excluding carboxylic acids is 2. The molecule has 0 unspecified atom stereocenters. The molecule has 8 nitrogen and oxygen atoms in total. The van der Waals surface area contributed by atoms with Crippen LogP contribution in [0.25, 0.3) is 0 Å². The standard InChI is InChI=1S/C11H11N5O3/c1-16-8(11(18)19-2)5-9(15-16)14-10(17)7-6-12-3-4-13-7/h3-6H,1-2H3,(H,14,15,17). The Bertz CT molecular complexity index is 608. The minimum Gasteiger partial charge on any atom is -0.464 e. The van der Waals surface area contributed by atoms with E-state index in [1.165, 1.54) is 36.4 Å². The van der Waals surface area contributed by atoms with Crippen molar-refractivity contribution in [1.29, 1.82) is 0 Å². The molecule has 0 saturated heterocycles. The van der Waals surface area contributed by atoms with Gasteiger partial charge in [-0.15, -0.1) is 0 Å². The van der Waals surface area contributed by atoms with Crippen LogP contribution in [0.2, 0.25) is 0 Å². The maximum atomic E-state index is 11.8. The Morgan fingerprint density at radius 3 is 2.79 bits per heavy atom. The zero-order valence-electron chi connectivity index (χ0n) is 10.3. The summed E-state index contributed by atoms with van der Waals surface area (Å²) in [5.41, 5.74) is 0.393. The Balaban J connectivity index is 2.16. The van der Waals surface area contributed by atoms with Crippen LogP contribution in [-0.2, 0) is 11.8 Å². The molecule has 1 amide bonds. The highest BCUT2D eigenvalue weighted by Crippen LogP contribution is 2.10. The number of aryl methyl sites for hydroxylation is 1. The number of carbonyl (C=O) groups is 2. The minimum atomic E-state index is -0.532. The summed E-state index contributed by atoms with van der Waals surface area (Å²) in [5.74, 6) is -0.754. The van der Waals surface area contributed by atoms with Gasteiger partial charge < -0.3 is 10.1 Å². The number of hydrogen-bond acceptors (Lipinski definition) is 6. The largest absolute Gasteiger partial charge is 0.464 e. The van der Waals surface area contributed by atoms with Crippen molar-refractivity contribution in [2.24, 2.45) is 7.05 Å². The van der Waals surface area contributed by atoms with Crippen molar-refractivity contribution in [1.82, 2.24) is 19.7 Å². The summed E-state index contributed by atoms with van der Waals surface area (Å²) in [6.07, 6.45) is 4.21. The molecule has 2 heterocycles. The maximum absolute atomic E-state index is 11.8. The predicted molar refractivity (Wildman–Crippen MR) is 64.5 cm³/mol. The number of ether oxygens (including phenoxy) is 1. The normalized spacial score (nSPS) is 10.0. The lowest BCUT2D eigenvalue weighted by molar-refractivity contribution is 0.0588. The maximum Gasteiger partial charge on any atom is 0.356 e. The third-order valence-corrected chi connectivity index (χ3v) is 2.31. The zero-order valence-corrected chi connectivity index (χ0v) is 10.3. The van der Waals surface area contributed by atoms with Crippen molar-refractivity contribution >= 4 is 17.7 Å². The SMILES string of the molecule is COC(=O)c1cc(NC(=O)c2cnccn2)nn1C. The summed E-state index contributed by atoms with van der Waals surface area (Å²) in [6, 6.07) is 1.42. The first kappa shape index (κ1) is 12.7. The van der Waals surface area contributed by atoms with Crippen LogP contribution in [0.3, 0.4) is 0 Å². The van der Waals surface area contributed by atoms with E-state index in [0.29, 0.717) is 0 Å². The van der Waals surface area contributed by atoms with Crippen LogP contribution in [0, 0.1) is 0 Å². The molecule has 0 spiro atoms. The lowest BCUT2D eigenvalue weighted by Gasteiger charge is -1.99. The third kappa shape index (κ3) is 2.73. The van der Waals surface area contributed by atoms with E-state index in [-0.39, 0.29) is 17.2 Å². The van der Waals surface area contributed by atoms with Crippen LogP contribution in [0.4, 0.5) is 5.82 Å². The van der Waals surface area contributed by atoms with Crippen molar-refractivity contribution in [3.8, 4) is 0 Å². The molecule has 8 heteroatoms. The van der Waals surface area contributed by atoms with Gasteiger partial charge in [0.15, 0.2) is 5.82 Å². The number of methoxy groups -OCH3 is 1. The molecule has 0 aliphatic rings. The molecule has 0 saturated carbocycles. The predicted octanol–water partition coefficient (Wildman–Crippen LogP) is 0.249. The summed E-state index contributed by atoms with van der Waals surface area (Å²) >= 11 is 0. The van der Waals surface area contributed by atoms with Gasteiger partial charge in [-0.2, -0.15) is 5.10 Å². The molecule has 0 radical (unpaired) electrons. The second kappa shape index (κ2) is 5.25. The van der Waals surface area contributed by atoms with Crippen LogP contribution in [0.15, 0.2) is 24.7 Å². The third-order valence-electron chi connectivity index (χ3n) is 2.31.